The Morgan fingerprint density at radius 2 is 1.68 bits per heavy atom. The third-order valence-electron chi connectivity index (χ3n) is 5.03. The molecule has 1 aliphatic rings. The van der Waals surface area contributed by atoms with Gasteiger partial charge in [-0.05, 0) is 61.6 Å². The van der Waals surface area contributed by atoms with Gasteiger partial charge in [-0.1, -0.05) is 30.3 Å². The van der Waals surface area contributed by atoms with Gasteiger partial charge in [0.15, 0.2) is 0 Å². The number of hydrogen-bond donors (Lipinski definition) is 2. The molecule has 1 aliphatic heterocycles. The summed E-state index contributed by atoms with van der Waals surface area (Å²) >= 11 is 0. The Morgan fingerprint density at radius 3 is 2.46 bits per heavy atom. The van der Waals surface area contributed by atoms with Crippen LogP contribution in [0.15, 0.2) is 66.9 Å². The average molecular weight is 374 g/mol. The molecule has 0 amide bonds. The first-order chi connectivity index (χ1) is 13.9. The summed E-state index contributed by atoms with van der Waals surface area (Å²) in [5.41, 5.74) is 3.70. The third-order valence-corrected chi connectivity index (χ3v) is 5.03. The van der Waals surface area contributed by atoms with E-state index in [2.05, 4.69) is 74.0 Å². The second-order valence-corrected chi connectivity index (χ2v) is 7.15. The van der Waals surface area contributed by atoms with Gasteiger partial charge in [-0.2, -0.15) is 4.98 Å². The van der Waals surface area contributed by atoms with E-state index in [-0.39, 0.29) is 0 Å². The summed E-state index contributed by atoms with van der Waals surface area (Å²) in [4.78, 5) is 11.3. The summed E-state index contributed by atoms with van der Waals surface area (Å²) < 4.78 is 0. The van der Waals surface area contributed by atoms with Crippen molar-refractivity contribution >= 4 is 23.1 Å². The first-order valence-electron chi connectivity index (χ1n) is 10.1. The Morgan fingerprint density at radius 1 is 0.893 bits per heavy atom. The van der Waals surface area contributed by atoms with Crippen molar-refractivity contribution in [3.8, 4) is 0 Å². The van der Waals surface area contributed by atoms with Crippen LogP contribution < -0.4 is 15.5 Å². The van der Waals surface area contributed by atoms with Crippen molar-refractivity contribution < 1.29 is 0 Å². The van der Waals surface area contributed by atoms with Gasteiger partial charge in [0.05, 0.1) is 0 Å². The van der Waals surface area contributed by atoms with Crippen molar-refractivity contribution in [1.82, 2.24) is 9.97 Å². The predicted octanol–water partition coefficient (Wildman–Crippen LogP) is 4.87. The van der Waals surface area contributed by atoms with E-state index < -0.39 is 0 Å². The molecule has 4 rings (SSSR count). The fraction of sp³-hybridized carbons (Fsp3) is 0.304. The van der Waals surface area contributed by atoms with Gasteiger partial charge in [-0.15, -0.1) is 0 Å². The number of benzene rings is 2. The van der Waals surface area contributed by atoms with Gasteiger partial charge in [0.2, 0.25) is 5.95 Å². The lowest BCUT2D eigenvalue weighted by Gasteiger charge is -2.18. The molecule has 5 nitrogen and oxygen atoms in total. The zero-order valence-electron chi connectivity index (χ0n) is 16.1. The molecule has 0 atom stereocenters. The first kappa shape index (κ1) is 18.3. The lowest BCUT2D eigenvalue weighted by atomic mass is 10.1. The molecule has 2 N–H and O–H groups in total. The van der Waals surface area contributed by atoms with Gasteiger partial charge in [-0.3, -0.25) is 0 Å². The number of aromatic nitrogens is 2. The molecule has 2 aromatic carbocycles. The maximum Gasteiger partial charge on any atom is 0.224 e. The molecular weight excluding hydrogens is 346 g/mol. The van der Waals surface area contributed by atoms with Gasteiger partial charge in [-0.25, -0.2) is 4.98 Å². The monoisotopic (exact) mass is 373 g/mol. The maximum atomic E-state index is 4.57. The quantitative estimate of drug-likeness (QED) is 0.552. The van der Waals surface area contributed by atoms with Crippen LogP contribution in [0.2, 0.25) is 0 Å². The summed E-state index contributed by atoms with van der Waals surface area (Å²) in [7, 11) is 0. The summed E-state index contributed by atoms with van der Waals surface area (Å²) in [6, 6.07) is 21.0. The zero-order valence-corrected chi connectivity index (χ0v) is 16.1. The van der Waals surface area contributed by atoms with Gasteiger partial charge in [0, 0.05) is 37.2 Å². The minimum atomic E-state index is 0.659. The van der Waals surface area contributed by atoms with Crippen LogP contribution >= 0.6 is 0 Å². The summed E-state index contributed by atoms with van der Waals surface area (Å²) in [5.74, 6) is 1.46. The highest BCUT2D eigenvalue weighted by Crippen LogP contribution is 2.23. The molecule has 5 heteroatoms. The molecule has 28 heavy (non-hydrogen) atoms. The second kappa shape index (κ2) is 9.22. The van der Waals surface area contributed by atoms with E-state index in [4.69, 9.17) is 0 Å². The second-order valence-electron chi connectivity index (χ2n) is 7.15. The molecule has 1 saturated heterocycles. The minimum Gasteiger partial charge on any atom is -0.372 e. The molecule has 2 heterocycles. The van der Waals surface area contributed by atoms with Crippen LogP contribution in [-0.4, -0.2) is 29.6 Å². The van der Waals surface area contributed by atoms with Gasteiger partial charge in [0.1, 0.15) is 5.82 Å². The highest BCUT2D eigenvalue weighted by Gasteiger charge is 2.11. The highest BCUT2D eigenvalue weighted by molar-refractivity contribution is 5.61. The standard InChI is InChI=1S/C23H27N5/c1-2-7-19(8-3-1)9-6-15-24-23-25-16-14-22(27-23)26-20-10-12-21(13-11-20)28-17-4-5-18-28/h1-3,7-8,10-14,16H,4-6,9,15,17-18H2,(H2,24,25,26,27). The number of aryl methyl sites for hydroxylation is 1. The fourth-order valence-electron chi connectivity index (χ4n) is 3.53. The smallest absolute Gasteiger partial charge is 0.224 e. The largest absolute Gasteiger partial charge is 0.372 e. The Balaban J connectivity index is 1.28. The van der Waals surface area contributed by atoms with E-state index in [1.807, 2.05) is 12.1 Å². The summed E-state index contributed by atoms with van der Waals surface area (Å²) in [6.45, 7) is 3.18. The van der Waals surface area contributed by atoms with Gasteiger partial charge < -0.3 is 15.5 Å². The highest BCUT2D eigenvalue weighted by atomic mass is 15.1. The number of nitrogens with one attached hydrogen (secondary N) is 2. The Labute approximate surface area is 166 Å². The molecule has 0 radical (unpaired) electrons. The lowest BCUT2D eigenvalue weighted by Crippen LogP contribution is -2.17. The van der Waals surface area contributed by atoms with Crippen molar-refractivity contribution in [1.29, 1.82) is 0 Å². The number of hydrogen-bond acceptors (Lipinski definition) is 5. The normalized spacial score (nSPS) is 13.5. The minimum absolute atomic E-state index is 0.659. The maximum absolute atomic E-state index is 4.57. The number of anilines is 4. The molecule has 0 bridgehead atoms. The van der Waals surface area contributed by atoms with Gasteiger partial charge in [0.25, 0.3) is 0 Å². The summed E-state index contributed by atoms with van der Waals surface area (Å²) in [6.07, 6.45) is 6.47. The van der Waals surface area contributed by atoms with E-state index in [0.29, 0.717) is 5.95 Å². The van der Waals surface area contributed by atoms with Gasteiger partial charge >= 0.3 is 0 Å². The molecule has 0 saturated carbocycles. The van der Waals surface area contributed by atoms with Crippen molar-refractivity contribution in [2.24, 2.45) is 0 Å². The number of nitrogens with zero attached hydrogens (tertiary/aromatic N) is 3. The molecular formula is C23H27N5. The average Bonchev–Trinajstić information content (AvgIpc) is 3.28. The topological polar surface area (TPSA) is 53.1 Å². The molecule has 3 aromatic rings. The molecule has 1 fully saturated rings. The van der Waals surface area contributed by atoms with Crippen molar-refractivity contribution in [3.05, 3.63) is 72.4 Å². The van der Waals surface area contributed by atoms with E-state index in [9.17, 15) is 0 Å². The van der Waals surface area contributed by atoms with Crippen molar-refractivity contribution in [2.75, 3.05) is 35.2 Å². The van der Waals surface area contributed by atoms with Crippen LogP contribution in [0.25, 0.3) is 0 Å². The number of rotatable bonds is 8. The predicted molar refractivity (Wildman–Crippen MR) is 116 cm³/mol. The lowest BCUT2D eigenvalue weighted by molar-refractivity contribution is 0.853. The van der Waals surface area contributed by atoms with Crippen LogP contribution in [0.3, 0.4) is 0 Å². The molecule has 144 valence electrons. The molecule has 1 aromatic heterocycles. The van der Waals surface area contributed by atoms with E-state index in [1.54, 1.807) is 6.20 Å². The van der Waals surface area contributed by atoms with Crippen molar-refractivity contribution in [2.45, 2.75) is 25.7 Å². The van der Waals surface area contributed by atoms with Crippen LogP contribution in [0.1, 0.15) is 24.8 Å². The third kappa shape index (κ3) is 5.00. The summed E-state index contributed by atoms with van der Waals surface area (Å²) in [5, 5.41) is 6.69. The fourth-order valence-corrected chi connectivity index (χ4v) is 3.53. The Bertz CT molecular complexity index is 858. The van der Waals surface area contributed by atoms with E-state index >= 15 is 0 Å². The van der Waals surface area contributed by atoms with E-state index in [1.165, 1.54) is 24.1 Å². The molecule has 0 unspecified atom stereocenters. The Hall–Kier alpha value is -3.08. The molecule has 0 aliphatic carbocycles. The van der Waals surface area contributed by atoms with Crippen molar-refractivity contribution in [3.63, 3.8) is 0 Å². The molecule has 0 spiro atoms. The van der Waals surface area contributed by atoms with Crippen LogP contribution in [0.4, 0.5) is 23.1 Å². The van der Waals surface area contributed by atoms with E-state index in [0.717, 1.165) is 44.0 Å². The SMILES string of the molecule is c1ccc(CCCNc2nccc(Nc3ccc(N4CCCC4)cc3)n2)cc1. The Kier molecular flexibility index (Phi) is 6.02. The zero-order chi connectivity index (χ0) is 19.0. The van der Waals surface area contributed by atoms with Crippen LogP contribution in [0.5, 0.6) is 0 Å². The van der Waals surface area contributed by atoms with Crippen LogP contribution in [-0.2, 0) is 6.42 Å². The van der Waals surface area contributed by atoms with Crippen LogP contribution in [0, 0.1) is 0 Å². The first-order valence-corrected chi connectivity index (χ1v) is 10.1.